The number of likely N-dealkylation sites (N-methyl/N-ethyl adjacent to an activating group) is 1. The summed E-state index contributed by atoms with van der Waals surface area (Å²) in [6.07, 6.45) is 2.27. The number of aromatic nitrogens is 3. The average molecular weight is 524 g/mol. The molecule has 0 unspecified atom stereocenters. The number of nitrogens with one attached hydrogen (secondary N) is 2. The van der Waals surface area contributed by atoms with Gasteiger partial charge in [0.1, 0.15) is 18.2 Å². The van der Waals surface area contributed by atoms with Crippen molar-refractivity contribution in [1.82, 2.24) is 25.4 Å². The summed E-state index contributed by atoms with van der Waals surface area (Å²) in [6.45, 7) is 6.82. The van der Waals surface area contributed by atoms with E-state index in [1.165, 1.54) is 5.56 Å². The largest absolute Gasteiger partial charge is 0.492 e. The molecule has 9 heteroatoms. The second-order valence-corrected chi connectivity index (χ2v) is 6.65. The molecule has 1 aromatic carbocycles. The monoisotopic (exact) mass is 524 g/mol. The topological polar surface area (TPSA) is 91.6 Å². The molecule has 0 aliphatic carbocycles. The molecule has 0 saturated carbocycles. The third-order valence-corrected chi connectivity index (χ3v) is 4.30. The molecule has 2 heterocycles. The lowest BCUT2D eigenvalue weighted by atomic mass is 10.2. The van der Waals surface area contributed by atoms with Gasteiger partial charge in [0.25, 0.3) is 0 Å². The van der Waals surface area contributed by atoms with Crippen LogP contribution in [-0.4, -0.2) is 59.3 Å². The minimum Gasteiger partial charge on any atom is -0.492 e. The molecule has 8 nitrogen and oxygen atoms in total. The van der Waals surface area contributed by atoms with E-state index in [0.717, 1.165) is 30.6 Å². The first-order valence-corrected chi connectivity index (χ1v) is 9.79. The van der Waals surface area contributed by atoms with Gasteiger partial charge in [0.15, 0.2) is 11.7 Å². The first kappa shape index (κ1) is 23.7. The smallest absolute Gasteiger partial charge is 0.216 e. The molecule has 3 aromatic rings. The molecule has 0 radical (unpaired) electrons. The van der Waals surface area contributed by atoms with Crippen LogP contribution in [0.3, 0.4) is 0 Å². The second-order valence-electron chi connectivity index (χ2n) is 6.65. The number of hydrogen-bond acceptors (Lipinski definition) is 5. The number of aliphatic imine (C=N–C) groups is 1. The fraction of sp³-hybridized carbons (Fsp3) is 0.381. The standard InChI is InChI=1S/C21H28N6O2.HI/c1-4-22-21(27(3)13-15-28-17-9-7-16(2)8-10-17)23-12-11-19-24-20(26-25-19)18-6-5-14-29-18;/h5-10,14H,4,11-13,15H2,1-3H3,(H,22,23)(H,24,25,26);1H. The fourth-order valence-electron chi connectivity index (χ4n) is 2.70. The van der Waals surface area contributed by atoms with E-state index < -0.39 is 0 Å². The van der Waals surface area contributed by atoms with Crippen LogP contribution in [0.1, 0.15) is 18.3 Å². The number of hydrogen-bond donors (Lipinski definition) is 2. The third-order valence-electron chi connectivity index (χ3n) is 4.30. The van der Waals surface area contributed by atoms with Gasteiger partial charge in [0, 0.05) is 26.6 Å². The fourth-order valence-corrected chi connectivity index (χ4v) is 2.70. The summed E-state index contributed by atoms with van der Waals surface area (Å²) in [4.78, 5) is 11.2. The lowest BCUT2D eigenvalue weighted by Gasteiger charge is -2.22. The lowest BCUT2D eigenvalue weighted by Crippen LogP contribution is -2.41. The van der Waals surface area contributed by atoms with E-state index in [0.29, 0.717) is 31.2 Å². The van der Waals surface area contributed by atoms with Crippen molar-refractivity contribution in [3.63, 3.8) is 0 Å². The SMILES string of the molecule is CCNC(=NCCc1nc(-c2ccco2)n[nH]1)N(C)CCOc1ccc(C)cc1.I. The molecule has 3 rings (SSSR count). The number of ether oxygens (including phenoxy) is 1. The highest BCUT2D eigenvalue weighted by Crippen LogP contribution is 2.14. The van der Waals surface area contributed by atoms with Crippen LogP contribution in [0, 0.1) is 6.92 Å². The minimum absolute atomic E-state index is 0. The van der Waals surface area contributed by atoms with Crippen LogP contribution in [0.2, 0.25) is 0 Å². The molecule has 0 atom stereocenters. The van der Waals surface area contributed by atoms with E-state index in [4.69, 9.17) is 9.15 Å². The molecule has 0 bridgehead atoms. The maximum absolute atomic E-state index is 5.82. The Kier molecular flexibility index (Phi) is 9.65. The number of H-pyrrole nitrogens is 1. The van der Waals surface area contributed by atoms with Crippen LogP contribution in [0.5, 0.6) is 5.75 Å². The molecule has 162 valence electrons. The molecule has 0 fully saturated rings. The number of aromatic amines is 1. The highest BCUT2D eigenvalue weighted by atomic mass is 127. The van der Waals surface area contributed by atoms with Crippen LogP contribution in [-0.2, 0) is 6.42 Å². The van der Waals surface area contributed by atoms with Crippen LogP contribution in [0.4, 0.5) is 0 Å². The van der Waals surface area contributed by atoms with E-state index in [-0.39, 0.29) is 24.0 Å². The highest BCUT2D eigenvalue weighted by Gasteiger charge is 2.09. The molecular weight excluding hydrogens is 495 g/mol. The number of furan rings is 1. The summed E-state index contributed by atoms with van der Waals surface area (Å²) in [5.74, 6) is 3.71. The quantitative estimate of drug-likeness (QED) is 0.253. The zero-order chi connectivity index (χ0) is 20.5. The van der Waals surface area contributed by atoms with Crippen molar-refractivity contribution in [1.29, 1.82) is 0 Å². The summed E-state index contributed by atoms with van der Waals surface area (Å²) < 4.78 is 11.1. The van der Waals surface area contributed by atoms with Gasteiger partial charge in [-0.2, -0.15) is 5.10 Å². The van der Waals surface area contributed by atoms with Gasteiger partial charge in [-0.15, -0.1) is 24.0 Å². The maximum Gasteiger partial charge on any atom is 0.216 e. The van der Waals surface area contributed by atoms with Crippen molar-refractivity contribution < 1.29 is 9.15 Å². The van der Waals surface area contributed by atoms with Gasteiger partial charge < -0.3 is 19.4 Å². The molecule has 0 aliphatic heterocycles. The van der Waals surface area contributed by atoms with E-state index in [9.17, 15) is 0 Å². The molecule has 0 spiro atoms. The Bertz CT molecular complexity index is 893. The molecule has 0 saturated heterocycles. The number of aryl methyl sites for hydroxylation is 1. The van der Waals surface area contributed by atoms with Gasteiger partial charge in [-0.25, -0.2) is 4.98 Å². The maximum atomic E-state index is 5.82. The number of rotatable bonds is 9. The van der Waals surface area contributed by atoms with E-state index in [1.807, 2.05) is 43.4 Å². The molecule has 0 aliphatic rings. The Labute approximate surface area is 194 Å². The summed E-state index contributed by atoms with van der Waals surface area (Å²) in [5.41, 5.74) is 1.22. The highest BCUT2D eigenvalue weighted by molar-refractivity contribution is 14.0. The Morgan fingerprint density at radius 1 is 1.27 bits per heavy atom. The van der Waals surface area contributed by atoms with Crippen LogP contribution < -0.4 is 10.1 Å². The van der Waals surface area contributed by atoms with Crippen molar-refractivity contribution in [3.05, 3.63) is 54.0 Å². The Morgan fingerprint density at radius 2 is 2.07 bits per heavy atom. The lowest BCUT2D eigenvalue weighted by molar-refractivity contribution is 0.281. The first-order chi connectivity index (χ1) is 14.2. The summed E-state index contributed by atoms with van der Waals surface area (Å²) >= 11 is 0. The van der Waals surface area contributed by atoms with E-state index in [2.05, 4.69) is 44.2 Å². The van der Waals surface area contributed by atoms with Crippen molar-refractivity contribution in [2.45, 2.75) is 20.3 Å². The van der Waals surface area contributed by atoms with Crippen LogP contribution >= 0.6 is 24.0 Å². The number of halogens is 1. The summed E-state index contributed by atoms with van der Waals surface area (Å²) in [7, 11) is 2.00. The normalized spacial score (nSPS) is 11.1. The van der Waals surface area contributed by atoms with E-state index >= 15 is 0 Å². The predicted molar refractivity (Wildman–Crippen MR) is 128 cm³/mol. The molecule has 2 aromatic heterocycles. The Balaban J connectivity index is 0.00000320. The van der Waals surface area contributed by atoms with Crippen molar-refractivity contribution in [2.75, 3.05) is 33.3 Å². The predicted octanol–water partition coefficient (Wildman–Crippen LogP) is 3.51. The molecular formula is C21H29IN6O2. The molecule has 2 N–H and O–H groups in total. The zero-order valence-corrected chi connectivity index (χ0v) is 19.9. The Hall–Kier alpha value is -2.56. The van der Waals surface area contributed by atoms with Crippen molar-refractivity contribution in [3.8, 4) is 17.3 Å². The average Bonchev–Trinajstić information content (AvgIpc) is 3.40. The van der Waals surface area contributed by atoms with Crippen LogP contribution in [0.15, 0.2) is 52.1 Å². The van der Waals surface area contributed by atoms with Crippen molar-refractivity contribution in [2.24, 2.45) is 4.99 Å². The van der Waals surface area contributed by atoms with Gasteiger partial charge >= 0.3 is 0 Å². The third kappa shape index (κ3) is 7.05. The number of benzene rings is 1. The number of guanidine groups is 1. The van der Waals surface area contributed by atoms with Gasteiger partial charge in [0.05, 0.1) is 12.8 Å². The second kappa shape index (κ2) is 12.2. The van der Waals surface area contributed by atoms with Crippen molar-refractivity contribution >= 4 is 29.9 Å². The van der Waals surface area contributed by atoms with Gasteiger partial charge in [-0.1, -0.05) is 17.7 Å². The van der Waals surface area contributed by atoms with Gasteiger partial charge in [0.2, 0.25) is 5.82 Å². The summed E-state index contributed by atoms with van der Waals surface area (Å²) in [6, 6.07) is 11.7. The minimum atomic E-state index is 0. The number of nitrogens with zero attached hydrogens (tertiary/aromatic N) is 4. The van der Waals surface area contributed by atoms with Gasteiger partial charge in [-0.05, 0) is 38.1 Å². The first-order valence-electron chi connectivity index (χ1n) is 9.79. The summed E-state index contributed by atoms with van der Waals surface area (Å²) in [5, 5.41) is 10.4. The van der Waals surface area contributed by atoms with Crippen LogP contribution in [0.25, 0.3) is 11.6 Å². The molecule has 30 heavy (non-hydrogen) atoms. The van der Waals surface area contributed by atoms with E-state index in [1.54, 1.807) is 6.26 Å². The van der Waals surface area contributed by atoms with Gasteiger partial charge in [-0.3, -0.25) is 10.1 Å². The molecule has 0 amide bonds. The zero-order valence-electron chi connectivity index (χ0n) is 17.6. The Morgan fingerprint density at radius 3 is 2.77 bits per heavy atom.